The van der Waals surface area contributed by atoms with Gasteiger partial charge >= 0.3 is 0 Å². The fraction of sp³-hybridized carbons (Fsp3) is 0.278. The van der Waals surface area contributed by atoms with Crippen LogP contribution in [0.15, 0.2) is 91.0 Å². The van der Waals surface area contributed by atoms with Crippen LogP contribution in [0.3, 0.4) is 0 Å². The Morgan fingerprint density at radius 2 is 1.61 bits per heavy atom. The summed E-state index contributed by atoms with van der Waals surface area (Å²) in [6.07, 6.45) is 1.96. The molecule has 9 nitrogen and oxygen atoms in total. The molecule has 3 aromatic carbocycles. The average molecular weight is 636 g/mol. The van der Waals surface area contributed by atoms with Gasteiger partial charge in [0, 0.05) is 62.5 Å². The van der Waals surface area contributed by atoms with E-state index in [1.807, 2.05) is 89.8 Å². The number of amides is 2. The van der Waals surface area contributed by atoms with Crippen molar-refractivity contribution in [1.82, 2.24) is 24.8 Å². The highest BCUT2D eigenvalue weighted by molar-refractivity contribution is 6.31. The van der Waals surface area contributed by atoms with Crippen LogP contribution in [-0.4, -0.2) is 82.4 Å². The van der Waals surface area contributed by atoms with Gasteiger partial charge in [0.25, 0.3) is 5.91 Å². The number of hydrogen-bond acceptors (Lipinski definition) is 6. The van der Waals surface area contributed by atoms with Crippen molar-refractivity contribution in [3.8, 4) is 11.4 Å². The van der Waals surface area contributed by atoms with Gasteiger partial charge in [0.1, 0.15) is 17.2 Å². The molecule has 6 rings (SSSR count). The highest BCUT2D eigenvalue weighted by atomic mass is 35.5. The Morgan fingerprint density at radius 1 is 0.913 bits per heavy atom. The molecule has 5 aromatic rings. The van der Waals surface area contributed by atoms with Crippen LogP contribution in [-0.2, 0) is 11.2 Å². The van der Waals surface area contributed by atoms with E-state index in [0.717, 1.165) is 54.1 Å². The zero-order valence-electron chi connectivity index (χ0n) is 26.0. The minimum atomic E-state index is -0.0484. The summed E-state index contributed by atoms with van der Waals surface area (Å²) < 4.78 is 0. The van der Waals surface area contributed by atoms with E-state index >= 15 is 0 Å². The number of carbonyl (C=O) groups excluding carboxylic acids is 2. The van der Waals surface area contributed by atoms with E-state index in [1.165, 1.54) is 5.56 Å². The van der Waals surface area contributed by atoms with Crippen LogP contribution in [0, 0.1) is 0 Å². The molecule has 2 N–H and O–H groups in total. The summed E-state index contributed by atoms with van der Waals surface area (Å²) in [5.41, 5.74) is 3.96. The lowest BCUT2D eigenvalue weighted by Crippen LogP contribution is -2.49. The third-order valence-electron chi connectivity index (χ3n) is 8.36. The maximum atomic E-state index is 13.7. The number of para-hydroxylation sites is 1. The Labute approximate surface area is 274 Å². The number of halogens is 1. The number of nitrogens with zero attached hydrogens (tertiary/aromatic N) is 5. The van der Waals surface area contributed by atoms with Crippen molar-refractivity contribution in [3.63, 3.8) is 0 Å². The number of carbonyl (C=O) groups is 2. The molecule has 10 heteroatoms. The summed E-state index contributed by atoms with van der Waals surface area (Å²) in [6, 6.07) is 29.2. The first kappa shape index (κ1) is 31.3. The molecular weight excluding hydrogens is 598 g/mol. The Kier molecular flexibility index (Phi) is 9.91. The first-order chi connectivity index (χ1) is 22.5. The maximum Gasteiger partial charge on any atom is 0.270 e. The summed E-state index contributed by atoms with van der Waals surface area (Å²) in [5.74, 6) is 1.07. The Morgan fingerprint density at radius 3 is 2.33 bits per heavy atom. The zero-order valence-corrected chi connectivity index (χ0v) is 26.7. The lowest BCUT2D eigenvalue weighted by atomic mass is 10.1. The van der Waals surface area contributed by atoms with Gasteiger partial charge in [0.05, 0.1) is 5.39 Å². The lowest BCUT2D eigenvalue weighted by Gasteiger charge is -2.34. The van der Waals surface area contributed by atoms with Crippen molar-refractivity contribution in [2.24, 2.45) is 0 Å². The number of benzene rings is 3. The summed E-state index contributed by atoms with van der Waals surface area (Å²) in [6.45, 7) is 6.41. The van der Waals surface area contributed by atoms with Gasteiger partial charge in [-0.2, -0.15) is 0 Å². The summed E-state index contributed by atoms with van der Waals surface area (Å²) in [4.78, 5) is 45.1. The molecule has 0 atom stereocenters. The minimum absolute atomic E-state index is 0.0407. The van der Waals surface area contributed by atoms with E-state index in [0.29, 0.717) is 49.2 Å². The van der Waals surface area contributed by atoms with E-state index in [4.69, 9.17) is 21.6 Å². The summed E-state index contributed by atoms with van der Waals surface area (Å²) in [7, 11) is 0. The molecule has 236 valence electrons. The zero-order chi connectivity index (χ0) is 31.9. The van der Waals surface area contributed by atoms with Crippen LogP contribution in [0.2, 0.25) is 5.02 Å². The number of aryl methyl sites for hydroxylation is 1. The van der Waals surface area contributed by atoms with Crippen molar-refractivity contribution in [1.29, 1.82) is 0 Å². The van der Waals surface area contributed by atoms with Gasteiger partial charge < -0.3 is 20.1 Å². The topological polar surface area (TPSA) is 97.5 Å². The third kappa shape index (κ3) is 7.38. The van der Waals surface area contributed by atoms with Crippen molar-refractivity contribution in [2.45, 2.75) is 19.8 Å². The Hall–Kier alpha value is -4.73. The van der Waals surface area contributed by atoms with Crippen molar-refractivity contribution >= 4 is 46.0 Å². The largest absolute Gasteiger partial charge is 0.368 e. The van der Waals surface area contributed by atoms with Crippen LogP contribution < -0.4 is 10.2 Å². The van der Waals surface area contributed by atoms with Crippen LogP contribution in [0.5, 0.6) is 0 Å². The lowest BCUT2D eigenvalue weighted by molar-refractivity contribution is -0.116. The quantitative estimate of drug-likeness (QED) is 0.181. The van der Waals surface area contributed by atoms with Gasteiger partial charge in [0.2, 0.25) is 5.91 Å². The molecule has 3 heterocycles. The van der Waals surface area contributed by atoms with Gasteiger partial charge in [-0.3, -0.25) is 14.5 Å². The smallest absolute Gasteiger partial charge is 0.270 e. The number of rotatable bonds is 11. The van der Waals surface area contributed by atoms with Crippen LogP contribution >= 0.6 is 11.6 Å². The van der Waals surface area contributed by atoms with Crippen molar-refractivity contribution in [2.75, 3.05) is 56.0 Å². The molecule has 0 saturated carbocycles. The second-order valence-electron chi connectivity index (χ2n) is 11.5. The van der Waals surface area contributed by atoms with Gasteiger partial charge in [-0.1, -0.05) is 78.3 Å². The number of H-pyrrole nitrogens is 1. The van der Waals surface area contributed by atoms with E-state index in [1.54, 1.807) is 11.8 Å². The fourth-order valence-electron chi connectivity index (χ4n) is 5.88. The van der Waals surface area contributed by atoms with E-state index in [-0.39, 0.29) is 11.8 Å². The molecular formula is C36H38ClN7O2. The monoisotopic (exact) mass is 635 g/mol. The van der Waals surface area contributed by atoms with Crippen molar-refractivity contribution < 1.29 is 9.59 Å². The molecule has 46 heavy (non-hydrogen) atoms. The molecule has 0 unspecified atom stereocenters. The highest BCUT2D eigenvalue weighted by Crippen LogP contribution is 2.27. The molecule has 2 amide bonds. The normalized spacial score (nSPS) is 13.6. The SMILES string of the molecule is CC(=O)N(CCNc1nc(-c2ccccc2)nc2[nH]c(C(=O)N3CCN(CCCc4ccccc4Cl)CC3)cc12)c1ccccc1. The van der Waals surface area contributed by atoms with Crippen LogP contribution in [0.1, 0.15) is 29.4 Å². The molecule has 1 fully saturated rings. The predicted molar refractivity (Wildman–Crippen MR) is 184 cm³/mol. The second-order valence-corrected chi connectivity index (χ2v) is 11.9. The molecule has 0 bridgehead atoms. The highest BCUT2D eigenvalue weighted by Gasteiger charge is 2.24. The van der Waals surface area contributed by atoms with Crippen molar-refractivity contribution in [3.05, 3.63) is 107 Å². The van der Waals surface area contributed by atoms with Gasteiger partial charge in [-0.05, 0) is 49.2 Å². The number of piperazine rings is 1. The van der Waals surface area contributed by atoms with E-state index < -0.39 is 0 Å². The first-order valence-electron chi connectivity index (χ1n) is 15.7. The van der Waals surface area contributed by atoms with E-state index in [9.17, 15) is 9.59 Å². The van der Waals surface area contributed by atoms with Crippen LogP contribution in [0.4, 0.5) is 11.5 Å². The Bertz CT molecular complexity index is 1790. The molecule has 1 saturated heterocycles. The molecule has 0 spiro atoms. The number of anilines is 2. The second kappa shape index (κ2) is 14.6. The minimum Gasteiger partial charge on any atom is -0.368 e. The molecule has 1 aliphatic rings. The molecule has 2 aromatic heterocycles. The van der Waals surface area contributed by atoms with Gasteiger partial charge in [-0.15, -0.1) is 0 Å². The summed E-state index contributed by atoms with van der Waals surface area (Å²) >= 11 is 6.32. The standard InChI is InChI=1S/C36H38ClN7O2/c1-26(45)44(29-15-6-3-7-16-29)20-18-38-34-30-25-32(39-35(30)41-33(40-34)28-12-4-2-5-13-28)36(46)43-23-21-42(22-24-43)19-10-14-27-11-8-9-17-31(27)37/h2-9,11-13,15-17,25H,10,14,18-24H2,1H3,(H2,38,39,40,41). The molecule has 0 radical (unpaired) electrons. The third-order valence-corrected chi connectivity index (χ3v) is 8.73. The molecule has 1 aliphatic heterocycles. The van der Waals surface area contributed by atoms with E-state index in [2.05, 4.69) is 21.3 Å². The predicted octanol–water partition coefficient (Wildman–Crippen LogP) is 6.13. The summed E-state index contributed by atoms with van der Waals surface area (Å²) in [5, 5.41) is 4.97. The van der Waals surface area contributed by atoms with Crippen LogP contribution in [0.25, 0.3) is 22.4 Å². The van der Waals surface area contributed by atoms with Gasteiger partial charge in [0.15, 0.2) is 5.82 Å². The first-order valence-corrected chi connectivity index (χ1v) is 16.1. The fourth-order valence-corrected chi connectivity index (χ4v) is 6.11. The number of aromatic nitrogens is 3. The molecule has 0 aliphatic carbocycles. The van der Waals surface area contributed by atoms with Gasteiger partial charge in [-0.25, -0.2) is 9.97 Å². The number of nitrogens with one attached hydrogen (secondary N) is 2. The maximum absolute atomic E-state index is 13.7. The Balaban J connectivity index is 1.14. The number of aromatic amines is 1. The number of fused-ring (bicyclic) bond motifs is 1. The average Bonchev–Trinajstić information content (AvgIpc) is 3.53. The number of hydrogen-bond donors (Lipinski definition) is 2.